The number of carbonyl (C=O) groups excluding carboxylic acids is 2. The zero-order valence-electron chi connectivity index (χ0n) is 25.7. The van der Waals surface area contributed by atoms with Crippen LogP contribution in [0.1, 0.15) is 43.2 Å². The van der Waals surface area contributed by atoms with Crippen molar-refractivity contribution in [1.29, 1.82) is 0 Å². The summed E-state index contributed by atoms with van der Waals surface area (Å²) >= 11 is 18.7. The summed E-state index contributed by atoms with van der Waals surface area (Å²) in [7, 11) is -4.20. The average Bonchev–Trinajstić information content (AvgIpc) is 3.08. The van der Waals surface area contributed by atoms with Gasteiger partial charge in [0.25, 0.3) is 10.0 Å². The van der Waals surface area contributed by atoms with Crippen LogP contribution in [0.2, 0.25) is 15.1 Å². The molecule has 1 fully saturated rings. The summed E-state index contributed by atoms with van der Waals surface area (Å²) in [6.07, 6.45) is 5.12. The van der Waals surface area contributed by atoms with Crippen molar-refractivity contribution in [2.45, 2.75) is 62.0 Å². The van der Waals surface area contributed by atoms with E-state index in [1.165, 1.54) is 17.0 Å². The molecule has 5 rings (SSSR count). The Hall–Kier alpha value is -3.56. The maximum Gasteiger partial charge on any atom is 0.264 e. The van der Waals surface area contributed by atoms with Gasteiger partial charge in [0, 0.05) is 24.0 Å². The van der Waals surface area contributed by atoms with Crippen LogP contribution < -0.4 is 9.62 Å². The summed E-state index contributed by atoms with van der Waals surface area (Å²) in [5, 5.41) is 4.28. The Balaban J connectivity index is 1.56. The molecule has 4 aromatic carbocycles. The van der Waals surface area contributed by atoms with Gasteiger partial charge in [-0.3, -0.25) is 13.9 Å². The minimum atomic E-state index is -4.20. The Kier molecular flexibility index (Phi) is 11.9. The Morgan fingerprint density at radius 2 is 1.40 bits per heavy atom. The summed E-state index contributed by atoms with van der Waals surface area (Å²) in [6, 6.07) is 27.7. The van der Waals surface area contributed by atoms with Gasteiger partial charge in [-0.2, -0.15) is 0 Å². The zero-order valence-corrected chi connectivity index (χ0v) is 28.8. The molecule has 1 atom stereocenters. The van der Waals surface area contributed by atoms with Crippen LogP contribution >= 0.6 is 34.8 Å². The molecule has 2 amide bonds. The number of anilines is 1. The van der Waals surface area contributed by atoms with E-state index in [4.69, 9.17) is 34.8 Å². The van der Waals surface area contributed by atoms with Crippen LogP contribution in [0.5, 0.6) is 0 Å². The van der Waals surface area contributed by atoms with E-state index in [9.17, 15) is 18.0 Å². The summed E-state index contributed by atoms with van der Waals surface area (Å²) < 4.78 is 29.2. The second kappa shape index (κ2) is 16.0. The summed E-state index contributed by atoms with van der Waals surface area (Å²) in [5.74, 6) is -0.858. The van der Waals surface area contributed by atoms with E-state index in [1.807, 2.05) is 30.3 Å². The highest BCUT2D eigenvalue weighted by molar-refractivity contribution is 7.92. The van der Waals surface area contributed by atoms with E-state index >= 15 is 0 Å². The lowest BCUT2D eigenvalue weighted by Gasteiger charge is -2.35. The average molecular weight is 713 g/mol. The largest absolute Gasteiger partial charge is 0.352 e. The number of sulfonamides is 1. The molecule has 0 aromatic heterocycles. The molecule has 0 aliphatic heterocycles. The predicted molar refractivity (Wildman–Crippen MR) is 188 cm³/mol. The maximum atomic E-state index is 14.6. The van der Waals surface area contributed by atoms with E-state index in [2.05, 4.69) is 5.32 Å². The molecule has 47 heavy (non-hydrogen) atoms. The Morgan fingerprint density at radius 3 is 2.04 bits per heavy atom. The number of hydrogen-bond donors (Lipinski definition) is 1. The van der Waals surface area contributed by atoms with Gasteiger partial charge in [0.15, 0.2) is 0 Å². The third-order valence-electron chi connectivity index (χ3n) is 8.28. The first-order chi connectivity index (χ1) is 22.6. The fourth-order valence-corrected chi connectivity index (χ4v) is 7.67. The van der Waals surface area contributed by atoms with Crippen LogP contribution in [0.3, 0.4) is 0 Å². The van der Waals surface area contributed by atoms with Gasteiger partial charge in [-0.05, 0) is 72.5 Å². The van der Waals surface area contributed by atoms with Gasteiger partial charge in [0.05, 0.1) is 20.6 Å². The van der Waals surface area contributed by atoms with Crippen molar-refractivity contribution in [1.82, 2.24) is 10.2 Å². The van der Waals surface area contributed by atoms with Gasteiger partial charge in [-0.25, -0.2) is 8.42 Å². The lowest BCUT2D eigenvalue weighted by atomic mass is 9.94. The highest BCUT2D eigenvalue weighted by Crippen LogP contribution is 2.28. The van der Waals surface area contributed by atoms with Gasteiger partial charge in [0.1, 0.15) is 12.6 Å². The van der Waals surface area contributed by atoms with Crippen molar-refractivity contribution < 1.29 is 18.0 Å². The van der Waals surface area contributed by atoms with Gasteiger partial charge in [-0.1, -0.05) is 109 Å². The molecule has 1 aliphatic rings. The standard InChI is InChI=1S/C36H36Cl3N3O4S/c37-28-17-19-30(20-18-28)42(47(45,46)31-14-8-3-9-15-31)25-35(43)41(24-27-16-21-32(38)33(39)22-27)34(23-26-10-4-1-5-11-26)36(44)40-29-12-6-2-7-13-29/h1,3-5,8-11,14-22,29,34H,2,6-7,12-13,23-25H2,(H,40,44)/t34-/m0/s1. The van der Waals surface area contributed by atoms with Crippen LogP contribution in [-0.4, -0.2) is 43.8 Å². The lowest BCUT2D eigenvalue weighted by molar-refractivity contribution is -0.140. The smallest absolute Gasteiger partial charge is 0.264 e. The van der Waals surface area contributed by atoms with Crippen molar-refractivity contribution in [2.24, 2.45) is 0 Å². The molecule has 1 saturated carbocycles. The first kappa shape index (κ1) is 34.8. The number of halogens is 3. The van der Waals surface area contributed by atoms with Crippen molar-refractivity contribution in [3.05, 3.63) is 129 Å². The quantitative estimate of drug-likeness (QED) is 0.162. The fourth-order valence-electron chi connectivity index (χ4n) is 5.79. The maximum absolute atomic E-state index is 14.6. The number of amides is 2. The van der Waals surface area contributed by atoms with E-state index in [0.717, 1.165) is 42.0 Å². The van der Waals surface area contributed by atoms with Gasteiger partial charge in [0.2, 0.25) is 11.8 Å². The number of nitrogens with zero attached hydrogens (tertiary/aromatic N) is 2. The first-order valence-electron chi connectivity index (χ1n) is 15.5. The molecule has 246 valence electrons. The third-order valence-corrected chi connectivity index (χ3v) is 11.1. The number of nitrogens with one attached hydrogen (secondary N) is 1. The van der Waals surface area contributed by atoms with E-state index in [-0.39, 0.29) is 35.5 Å². The predicted octanol–water partition coefficient (Wildman–Crippen LogP) is 7.93. The van der Waals surface area contributed by atoms with Gasteiger partial charge >= 0.3 is 0 Å². The van der Waals surface area contributed by atoms with Gasteiger partial charge < -0.3 is 10.2 Å². The Morgan fingerprint density at radius 1 is 0.766 bits per heavy atom. The third kappa shape index (κ3) is 9.08. The topological polar surface area (TPSA) is 86.8 Å². The van der Waals surface area contributed by atoms with Crippen LogP contribution in [0.25, 0.3) is 0 Å². The molecule has 0 bridgehead atoms. The second-order valence-electron chi connectivity index (χ2n) is 11.6. The first-order valence-corrected chi connectivity index (χ1v) is 18.1. The molecule has 11 heteroatoms. The van der Waals surface area contributed by atoms with E-state index < -0.39 is 28.5 Å². The van der Waals surface area contributed by atoms with Crippen LogP contribution in [0.15, 0.2) is 108 Å². The second-order valence-corrected chi connectivity index (χ2v) is 14.7. The van der Waals surface area contributed by atoms with Crippen LogP contribution in [-0.2, 0) is 32.6 Å². The van der Waals surface area contributed by atoms with Crippen LogP contribution in [0.4, 0.5) is 5.69 Å². The molecule has 1 aliphatic carbocycles. The normalized spacial score (nSPS) is 14.3. The number of hydrogen-bond acceptors (Lipinski definition) is 4. The number of benzene rings is 4. The molecule has 1 N–H and O–H groups in total. The SMILES string of the molecule is O=C(NC1CCCCC1)[C@H](Cc1ccccc1)N(Cc1ccc(Cl)c(Cl)c1)C(=O)CN(c1ccc(Cl)cc1)S(=O)(=O)c1ccccc1. The minimum absolute atomic E-state index is 0.000441. The van der Waals surface area contributed by atoms with Gasteiger partial charge in [-0.15, -0.1) is 0 Å². The number of rotatable bonds is 12. The van der Waals surface area contributed by atoms with E-state index in [1.54, 1.807) is 60.7 Å². The molecule has 0 heterocycles. The van der Waals surface area contributed by atoms with Crippen molar-refractivity contribution in [3.63, 3.8) is 0 Å². The Bertz CT molecular complexity index is 1770. The number of carbonyl (C=O) groups is 2. The zero-order chi connectivity index (χ0) is 33.4. The summed E-state index contributed by atoms with van der Waals surface area (Å²) in [5.41, 5.74) is 1.75. The highest BCUT2D eigenvalue weighted by atomic mass is 35.5. The van der Waals surface area contributed by atoms with E-state index in [0.29, 0.717) is 20.6 Å². The highest BCUT2D eigenvalue weighted by Gasteiger charge is 2.35. The monoisotopic (exact) mass is 711 g/mol. The molecule has 0 spiro atoms. The minimum Gasteiger partial charge on any atom is -0.352 e. The molecular weight excluding hydrogens is 677 g/mol. The summed E-state index contributed by atoms with van der Waals surface area (Å²) in [4.78, 5) is 30.3. The van der Waals surface area contributed by atoms with Crippen molar-refractivity contribution in [2.75, 3.05) is 10.8 Å². The summed E-state index contributed by atoms with van der Waals surface area (Å²) in [6.45, 7) is -0.576. The molecule has 0 radical (unpaired) electrons. The Labute approximate surface area is 291 Å². The fraction of sp³-hybridized carbons (Fsp3) is 0.278. The molecule has 0 unspecified atom stereocenters. The van der Waals surface area contributed by atoms with Crippen molar-refractivity contribution >= 4 is 62.3 Å². The van der Waals surface area contributed by atoms with Crippen LogP contribution in [0, 0.1) is 0 Å². The van der Waals surface area contributed by atoms with Crippen molar-refractivity contribution in [3.8, 4) is 0 Å². The molecule has 0 saturated heterocycles. The molecule has 7 nitrogen and oxygen atoms in total. The lowest BCUT2D eigenvalue weighted by Crippen LogP contribution is -2.55. The molecule has 4 aromatic rings. The molecular formula is C36H36Cl3N3O4S.